The molecule has 0 radical (unpaired) electrons. The molecule has 0 aromatic carbocycles. The van der Waals surface area contributed by atoms with Gasteiger partial charge in [-0.25, -0.2) is 15.0 Å². The number of amides is 1. The summed E-state index contributed by atoms with van der Waals surface area (Å²) >= 11 is 1.42. The number of hydrogen-bond acceptors (Lipinski definition) is 7. The highest BCUT2D eigenvalue weighted by molar-refractivity contribution is 7.13. The van der Waals surface area contributed by atoms with Crippen LogP contribution in [0.15, 0.2) is 28.3 Å². The lowest BCUT2D eigenvalue weighted by molar-refractivity contribution is 0.0925. The Bertz CT molecular complexity index is 978. The Balaban J connectivity index is 1.50. The van der Waals surface area contributed by atoms with Crippen LogP contribution in [0.4, 0.5) is 0 Å². The summed E-state index contributed by atoms with van der Waals surface area (Å²) in [7, 11) is 0. The second kappa shape index (κ2) is 6.80. The fraction of sp³-hybridized carbons (Fsp3) is 0.278. The van der Waals surface area contributed by atoms with E-state index in [1.165, 1.54) is 11.3 Å². The van der Waals surface area contributed by atoms with Gasteiger partial charge < -0.3 is 9.73 Å². The molecule has 0 atom stereocenters. The molecule has 7 nitrogen and oxygen atoms in total. The van der Waals surface area contributed by atoms with Gasteiger partial charge in [0, 0.05) is 30.6 Å². The first kappa shape index (κ1) is 16.6. The highest BCUT2D eigenvalue weighted by Gasteiger charge is 2.30. The summed E-state index contributed by atoms with van der Waals surface area (Å²) < 4.78 is 5.63. The van der Waals surface area contributed by atoms with E-state index in [2.05, 4.69) is 20.3 Å². The van der Waals surface area contributed by atoms with Gasteiger partial charge in [0.25, 0.3) is 5.91 Å². The number of carbonyl (C=O) groups is 2. The molecule has 3 aromatic rings. The van der Waals surface area contributed by atoms with Crippen LogP contribution in [-0.2, 0) is 13.0 Å². The van der Waals surface area contributed by atoms with Gasteiger partial charge in [-0.1, -0.05) is 0 Å². The Labute approximate surface area is 153 Å². The number of fused-ring (bicyclic) bond motifs is 1. The van der Waals surface area contributed by atoms with Crippen molar-refractivity contribution in [2.75, 3.05) is 0 Å². The molecule has 26 heavy (non-hydrogen) atoms. The molecule has 0 spiro atoms. The first-order valence-electron chi connectivity index (χ1n) is 8.29. The zero-order chi connectivity index (χ0) is 18.1. The third-order valence-corrected chi connectivity index (χ3v) is 5.10. The molecule has 132 valence electrons. The van der Waals surface area contributed by atoms with Crippen LogP contribution in [0.3, 0.4) is 0 Å². The molecule has 0 bridgehead atoms. The van der Waals surface area contributed by atoms with Crippen molar-refractivity contribution in [3.05, 3.63) is 52.2 Å². The number of aromatic nitrogens is 3. The van der Waals surface area contributed by atoms with Gasteiger partial charge in [0.15, 0.2) is 16.6 Å². The molecule has 1 aliphatic rings. The molecule has 1 aliphatic carbocycles. The zero-order valence-electron chi connectivity index (χ0n) is 14.1. The van der Waals surface area contributed by atoms with Crippen molar-refractivity contribution in [1.29, 1.82) is 0 Å². The van der Waals surface area contributed by atoms with E-state index in [1.807, 2.05) is 5.38 Å². The Morgan fingerprint density at radius 1 is 1.31 bits per heavy atom. The molecule has 0 unspecified atom stereocenters. The molecule has 0 saturated heterocycles. The van der Waals surface area contributed by atoms with Gasteiger partial charge in [0.05, 0.1) is 23.4 Å². The maximum Gasteiger partial charge on any atom is 0.255 e. The Kier molecular flexibility index (Phi) is 4.34. The Morgan fingerprint density at radius 2 is 2.12 bits per heavy atom. The molecule has 0 saturated carbocycles. The van der Waals surface area contributed by atoms with Crippen LogP contribution in [0.25, 0.3) is 10.8 Å². The molecule has 1 N–H and O–H groups in total. The lowest BCUT2D eigenvalue weighted by Crippen LogP contribution is -2.25. The van der Waals surface area contributed by atoms with Crippen LogP contribution in [0.1, 0.15) is 50.8 Å². The molecular weight excluding hydrogens is 352 g/mol. The summed E-state index contributed by atoms with van der Waals surface area (Å²) in [6, 6.07) is 1.74. The van der Waals surface area contributed by atoms with Crippen molar-refractivity contribution in [1.82, 2.24) is 20.3 Å². The molecule has 8 heteroatoms. The van der Waals surface area contributed by atoms with E-state index in [-0.39, 0.29) is 18.2 Å². The number of thiazole rings is 1. The van der Waals surface area contributed by atoms with Crippen molar-refractivity contribution in [3.63, 3.8) is 0 Å². The summed E-state index contributed by atoms with van der Waals surface area (Å²) in [4.78, 5) is 37.6. The van der Waals surface area contributed by atoms with Gasteiger partial charge in [0.2, 0.25) is 0 Å². The number of hydrogen-bond donors (Lipinski definition) is 1. The van der Waals surface area contributed by atoms with Gasteiger partial charge in [-0.3, -0.25) is 9.59 Å². The predicted molar refractivity (Wildman–Crippen MR) is 95.0 cm³/mol. The summed E-state index contributed by atoms with van der Waals surface area (Å²) in [5.41, 5.74) is 1.52. The number of furan rings is 1. The first-order chi connectivity index (χ1) is 12.6. The monoisotopic (exact) mass is 368 g/mol. The molecule has 0 aliphatic heterocycles. The van der Waals surface area contributed by atoms with Crippen molar-refractivity contribution >= 4 is 23.0 Å². The number of nitrogens with zero attached hydrogens (tertiary/aromatic N) is 3. The maximum atomic E-state index is 12.6. The summed E-state index contributed by atoms with van der Waals surface area (Å²) in [6.45, 7) is 1.98. The van der Waals surface area contributed by atoms with Crippen molar-refractivity contribution < 1.29 is 14.0 Å². The van der Waals surface area contributed by atoms with Crippen LogP contribution in [-0.4, -0.2) is 26.6 Å². The highest BCUT2D eigenvalue weighted by atomic mass is 32.1. The quantitative estimate of drug-likeness (QED) is 0.760. The summed E-state index contributed by atoms with van der Waals surface area (Å²) in [5, 5.41) is 5.38. The van der Waals surface area contributed by atoms with Crippen LogP contribution in [0.2, 0.25) is 0 Å². The van der Waals surface area contributed by atoms with E-state index in [4.69, 9.17) is 4.42 Å². The fourth-order valence-electron chi connectivity index (χ4n) is 3.04. The van der Waals surface area contributed by atoms with E-state index in [9.17, 15) is 9.59 Å². The second-order valence-electron chi connectivity index (χ2n) is 6.01. The topological polar surface area (TPSA) is 98.0 Å². The van der Waals surface area contributed by atoms with Crippen molar-refractivity contribution in [2.24, 2.45) is 0 Å². The van der Waals surface area contributed by atoms with Gasteiger partial charge in [-0.05, 0) is 19.4 Å². The number of Topliss-reactive ketones (excluding diaryl/α,β-unsaturated/α-hetero) is 1. The third kappa shape index (κ3) is 3.03. The molecule has 0 fully saturated rings. The largest absolute Gasteiger partial charge is 0.465 e. The third-order valence-electron chi connectivity index (χ3n) is 4.21. The van der Waals surface area contributed by atoms with Crippen LogP contribution >= 0.6 is 11.3 Å². The number of ketones is 1. The number of nitrogens with one attached hydrogen (secondary N) is 1. The smallest absolute Gasteiger partial charge is 0.255 e. The maximum absolute atomic E-state index is 12.6. The SMILES string of the molecule is Cc1oc2c(c1C(=O)NCc1csc(-c3ncccn3)n1)C(=O)CCC2. The van der Waals surface area contributed by atoms with Crippen LogP contribution < -0.4 is 5.32 Å². The molecule has 3 aromatic heterocycles. The van der Waals surface area contributed by atoms with E-state index in [1.54, 1.807) is 25.4 Å². The average molecular weight is 368 g/mol. The standard InChI is InChI=1S/C18H16N4O3S/c1-10-14(15-12(23)4-2-5-13(15)25-10)17(24)21-8-11-9-26-18(22-11)16-19-6-3-7-20-16/h3,6-7,9H,2,4-5,8H2,1H3,(H,21,24). The first-order valence-corrected chi connectivity index (χ1v) is 9.17. The van der Waals surface area contributed by atoms with E-state index < -0.39 is 0 Å². The Hall–Kier alpha value is -2.87. The number of rotatable bonds is 4. The minimum atomic E-state index is -0.312. The van der Waals surface area contributed by atoms with Crippen molar-refractivity contribution in [3.8, 4) is 10.8 Å². The number of aryl methyl sites for hydroxylation is 2. The highest BCUT2D eigenvalue weighted by Crippen LogP contribution is 2.29. The summed E-state index contributed by atoms with van der Waals surface area (Å²) in [6.07, 6.45) is 5.24. The fourth-order valence-corrected chi connectivity index (χ4v) is 3.81. The molecular formula is C18H16N4O3S. The van der Waals surface area contributed by atoms with Gasteiger partial charge in [-0.2, -0.15) is 0 Å². The lowest BCUT2D eigenvalue weighted by Gasteiger charge is -2.10. The van der Waals surface area contributed by atoms with Gasteiger partial charge in [0.1, 0.15) is 11.5 Å². The molecule has 1 amide bonds. The van der Waals surface area contributed by atoms with Crippen LogP contribution in [0.5, 0.6) is 0 Å². The van der Waals surface area contributed by atoms with Gasteiger partial charge >= 0.3 is 0 Å². The predicted octanol–water partition coefficient (Wildman–Crippen LogP) is 2.95. The molecule has 3 heterocycles. The Morgan fingerprint density at radius 3 is 2.92 bits per heavy atom. The summed E-state index contributed by atoms with van der Waals surface area (Å²) in [5.74, 6) is 1.33. The minimum absolute atomic E-state index is 0.0228. The normalized spacial score (nSPS) is 13.5. The second-order valence-corrected chi connectivity index (χ2v) is 6.87. The van der Waals surface area contributed by atoms with Gasteiger partial charge in [-0.15, -0.1) is 11.3 Å². The van der Waals surface area contributed by atoms with E-state index in [0.29, 0.717) is 52.0 Å². The zero-order valence-corrected chi connectivity index (χ0v) is 14.9. The minimum Gasteiger partial charge on any atom is -0.465 e. The van der Waals surface area contributed by atoms with Crippen molar-refractivity contribution in [2.45, 2.75) is 32.7 Å². The average Bonchev–Trinajstić information content (AvgIpc) is 3.25. The van der Waals surface area contributed by atoms with E-state index in [0.717, 1.165) is 6.42 Å². The van der Waals surface area contributed by atoms with E-state index >= 15 is 0 Å². The molecule has 4 rings (SSSR count). The number of carbonyl (C=O) groups excluding carboxylic acids is 2. The van der Waals surface area contributed by atoms with Crippen LogP contribution in [0, 0.1) is 6.92 Å². The lowest BCUT2D eigenvalue weighted by atomic mass is 9.93.